The molecule has 0 bridgehead atoms. The Morgan fingerprint density at radius 3 is 1.29 bits per heavy atom. The molecule has 5 heteroatoms. The van der Waals surface area contributed by atoms with Gasteiger partial charge in [0.15, 0.2) is 0 Å². The second kappa shape index (κ2) is 25.2. The molecule has 0 radical (unpaired) electrons. The van der Waals surface area contributed by atoms with Gasteiger partial charge in [-0.1, -0.05) is 96.8 Å². The first-order chi connectivity index (χ1) is 15.2. The molecule has 0 aromatic rings. The zero-order valence-corrected chi connectivity index (χ0v) is 20.6. The Morgan fingerprint density at radius 2 is 0.871 bits per heavy atom. The van der Waals surface area contributed by atoms with Crippen LogP contribution in [0.4, 0.5) is 0 Å². The molecule has 0 unspecified atom stereocenters. The van der Waals surface area contributed by atoms with Crippen LogP contribution in [0.5, 0.6) is 0 Å². The number of carbonyl (C=O) groups excluding carboxylic acids is 2. The average Bonchev–Trinajstić information content (AvgIpc) is 2.76. The summed E-state index contributed by atoms with van der Waals surface area (Å²) >= 11 is 0. The highest BCUT2D eigenvalue weighted by molar-refractivity contribution is 5.70. The summed E-state index contributed by atoms with van der Waals surface area (Å²) in [5.74, 6) is -0.388. The first kappa shape index (κ1) is 29.9. The molecule has 0 aliphatic carbocycles. The molecule has 0 saturated carbocycles. The molecule has 0 aliphatic heterocycles. The lowest BCUT2D eigenvalue weighted by atomic mass is 10.0. The second-order valence-corrected chi connectivity index (χ2v) is 8.59. The summed E-state index contributed by atoms with van der Waals surface area (Å²) < 4.78 is 15.1. The van der Waals surface area contributed by atoms with Crippen molar-refractivity contribution in [1.29, 1.82) is 0 Å². The van der Waals surface area contributed by atoms with Gasteiger partial charge in [0.25, 0.3) is 0 Å². The summed E-state index contributed by atoms with van der Waals surface area (Å²) in [6.07, 6.45) is 22.0. The molecule has 0 spiro atoms. The lowest BCUT2D eigenvalue weighted by molar-refractivity contribution is -0.146. The Kier molecular flexibility index (Phi) is 24.3. The van der Waals surface area contributed by atoms with Crippen LogP contribution < -0.4 is 0 Å². The van der Waals surface area contributed by atoms with E-state index in [1.165, 1.54) is 83.5 Å². The van der Waals surface area contributed by atoms with E-state index in [-0.39, 0.29) is 18.5 Å². The van der Waals surface area contributed by atoms with E-state index in [9.17, 15) is 9.59 Å². The Bertz CT molecular complexity index is 397. The molecule has 0 rings (SSSR count). The number of methoxy groups -OCH3 is 1. The SMILES string of the molecule is CCCCCCCCCCCCCCCCCOC(=O)CCCCC(=O)OCCOC. The van der Waals surface area contributed by atoms with E-state index in [1.54, 1.807) is 7.11 Å². The van der Waals surface area contributed by atoms with E-state index in [0.29, 0.717) is 38.9 Å². The molecule has 0 aromatic carbocycles. The zero-order valence-electron chi connectivity index (χ0n) is 20.6. The van der Waals surface area contributed by atoms with Crippen LogP contribution >= 0.6 is 0 Å². The minimum absolute atomic E-state index is 0.155. The molecule has 0 fully saturated rings. The number of unbranched alkanes of at least 4 members (excludes halogenated alkanes) is 15. The molecule has 0 saturated heterocycles. The summed E-state index contributed by atoms with van der Waals surface area (Å²) in [5.41, 5.74) is 0. The van der Waals surface area contributed by atoms with Crippen molar-refractivity contribution in [2.75, 3.05) is 26.9 Å². The molecule has 0 N–H and O–H groups in total. The van der Waals surface area contributed by atoms with Crippen molar-refractivity contribution in [3.63, 3.8) is 0 Å². The van der Waals surface area contributed by atoms with E-state index < -0.39 is 0 Å². The fourth-order valence-electron chi connectivity index (χ4n) is 3.58. The maximum absolute atomic E-state index is 11.7. The third-order valence-electron chi connectivity index (χ3n) is 5.57. The highest BCUT2D eigenvalue weighted by Gasteiger charge is 2.06. The van der Waals surface area contributed by atoms with Crippen LogP contribution in [-0.2, 0) is 23.8 Å². The lowest BCUT2D eigenvalue weighted by Crippen LogP contribution is -2.10. The number of hydrogen-bond acceptors (Lipinski definition) is 5. The number of esters is 2. The van der Waals surface area contributed by atoms with Crippen LogP contribution in [0, 0.1) is 0 Å². The van der Waals surface area contributed by atoms with Gasteiger partial charge in [-0.2, -0.15) is 0 Å². The molecule has 0 heterocycles. The molecule has 0 aromatic heterocycles. The van der Waals surface area contributed by atoms with Crippen molar-refractivity contribution in [2.45, 2.75) is 129 Å². The molecular weight excluding hydrogens is 392 g/mol. The maximum atomic E-state index is 11.7. The zero-order chi connectivity index (χ0) is 22.8. The van der Waals surface area contributed by atoms with Gasteiger partial charge in [0.05, 0.1) is 13.2 Å². The van der Waals surface area contributed by atoms with Gasteiger partial charge < -0.3 is 14.2 Å². The molecule has 184 valence electrons. The Labute approximate surface area is 192 Å². The molecule has 0 atom stereocenters. The van der Waals surface area contributed by atoms with Gasteiger partial charge in [-0.25, -0.2) is 0 Å². The van der Waals surface area contributed by atoms with Crippen molar-refractivity contribution in [1.82, 2.24) is 0 Å². The van der Waals surface area contributed by atoms with Crippen molar-refractivity contribution in [2.24, 2.45) is 0 Å². The van der Waals surface area contributed by atoms with Gasteiger partial charge in [-0.15, -0.1) is 0 Å². The topological polar surface area (TPSA) is 61.8 Å². The molecule has 5 nitrogen and oxygen atoms in total. The van der Waals surface area contributed by atoms with Crippen LogP contribution in [0.2, 0.25) is 0 Å². The minimum Gasteiger partial charge on any atom is -0.466 e. The van der Waals surface area contributed by atoms with Gasteiger partial charge in [-0.3, -0.25) is 9.59 Å². The lowest BCUT2D eigenvalue weighted by Gasteiger charge is -2.06. The molecular formula is C26H50O5. The first-order valence-corrected chi connectivity index (χ1v) is 13.0. The number of hydrogen-bond donors (Lipinski definition) is 0. The largest absolute Gasteiger partial charge is 0.466 e. The predicted molar refractivity (Wildman–Crippen MR) is 127 cm³/mol. The maximum Gasteiger partial charge on any atom is 0.305 e. The van der Waals surface area contributed by atoms with Crippen molar-refractivity contribution in [3.05, 3.63) is 0 Å². The first-order valence-electron chi connectivity index (χ1n) is 13.0. The van der Waals surface area contributed by atoms with E-state index in [2.05, 4.69) is 6.92 Å². The number of carbonyl (C=O) groups is 2. The monoisotopic (exact) mass is 442 g/mol. The summed E-state index contributed by atoms with van der Waals surface area (Å²) in [6.45, 7) is 3.50. The summed E-state index contributed by atoms with van der Waals surface area (Å²) in [6, 6.07) is 0. The van der Waals surface area contributed by atoms with E-state index in [4.69, 9.17) is 14.2 Å². The average molecular weight is 443 g/mol. The quantitative estimate of drug-likeness (QED) is 0.117. The Morgan fingerprint density at radius 1 is 0.484 bits per heavy atom. The van der Waals surface area contributed by atoms with E-state index in [0.717, 1.165) is 12.8 Å². The predicted octanol–water partition coefficient (Wildman–Crippen LogP) is 7.15. The standard InChI is InChI=1S/C26H50O5/c1-3-4-5-6-7-8-9-10-11-12-13-14-15-16-19-22-30-25(27)20-17-18-21-26(28)31-24-23-29-2/h3-24H2,1-2H3. The van der Waals surface area contributed by atoms with E-state index in [1.807, 2.05) is 0 Å². The van der Waals surface area contributed by atoms with Gasteiger partial charge >= 0.3 is 11.9 Å². The highest BCUT2D eigenvalue weighted by atomic mass is 16.6. The summed E-state index contributed by atoms with van der Waals surface area (Å²) in [7, 11) is 1.57. The van der Waals surface area contributed by atoms with Crippen LogP contribution in [0.25, 0.3) is 0 Å². The second-order valence-electron chi connectivity index (χ2n) is 8.59. The number of ether oxygens (including phenoxy) is 3. The molecule has 0 aliphatic rings. The van der Waals surface area contributed by atoms with Crippen molar-refractivity contribution >= 4 is 11.9 Å². The van der Waals surface area contributed by atoms with Crippen LogP contribution in [-0.4, -0.2) is 38.9 Å². The summed E-state index contributed by atoms with van der Waals surface area (Å²) in [4.78, 5) is 23.1. The third-order valence-corrected chi connectivity index (χ3v) is 5.57. The van der Waals surface area contributed by atoms with Gasteiger partial charge in [0.2, 0.25) is 0 Å². The fraction of sp³-hybridized carbons (Fsp3) is 0.923. The highest BCUT2D eigenvalue weighted by Crippen LogP contribution is 2.13. The Hall–Kier alpha value is -1.10. The van der Waals surface area contributed by atoms with Crippen LogP contribution in [0.1, 0.15) is 129 Å². The normalized spacial score (nSPS) is 10.9. The molecule has 0 amide bonds. The molecule has 31 heavy (non-hydrogen) atoms. The fourth-order valence-corrected chi connectivity index (χ4v) is 3.58. The smallest absolute Gasteiger partial charge is 0.305 e. The van der Waals surface area contributed by atoms with Crippen molar-refractivity contribution < 1.29 is 23.8 Å². The Balaban J connectivity index is 3.21. The van der Waals surface area contributed by atoms with Gasteiger partial charge in [-0.05, 0) is 19.3 Å². The number of rotatable bonds is 24. The van der Waals surface area contributed by atoms with Crippen LogP contribution in [0.15, 0.2) is 0 Å². The third kappa shape index (κ3) is 25.0. The van der Waals surface area contributed by atoms with Crippen LogP contribution in [0.3, 0.4) is 0 Å². The van der Waals surface area contributed by atoms with E-state index >= 15 is 0 Å². The van der Waals surface area contributed by atoms with Crippen molar-refractivity contribution in [3.8, 4) is 0 Å². The minimum atomic E-state index is -0.233. The summed E-state index contributed by atoms with van der Waals surface area (Å²) in [5, 5.41) is 0. The van der Waals surface area contributed by atoms with Gasteiger partial charge in [0, 0.05) is 20.0 Å². The van der Waals surface area contributed by atoms with Gasteiger partial charge in [0.1, 0.15) is 6.61 Å².